The van der Waals surface area contributed by atoms with E-state index in [1.807, 2.05) is 24.4 Å². The van der Waals surface area contributed by atoms with Gasteiger partial charge in [0.25, 0.3) is 0 Å². The summed E-state index contributed by atoms with van der Waals surface area (Å²) in [4.78, 5) is 31.8. The Balaban J connectivity index is 1.55. The van der Waals surface area contributed by atoms with E-state index in [2.05, 4.69) is 10.3 Å². The molecule has 2 aromatic heterocycles. The summed E-state index contributed by atoms with van der Waals surface area (Å²) in [7, 11) is 0. The molecule has 8 heteroatoms. The molecule has 1 atom stereocenters. The number of carbonyl (C=O) groups is 2. The summed E-state index contributed by atoms with van der Waals surface area (Å²) in [5.74, 6) is -0.188. The molecule has 3 N–H and O–H groups in total. The van der Waals surface area contributed by atoms with E-state index in [9.17, 15) is 9.59 Å². The number of aromatic nitrogens is 1. The molecule has 1 fully saturated rings. The first-order valence-corrected chi connectivity index (χ1v) is 9.56. The van der Waals surface area contributed by atoms with E-state index in [0.29, 0.717) is 19.6 Å². The Morgan fingerprint density at radius 3 is 3.00 bits per heavy atom. The fourth-order valence-electron chi connectivity index (χ4n) is 2.80. The first kappa shape index (κ1) is 16.9. The fraction of sp³-hybridized carbons (Fsp3) is 0.438. The number of aryl methyl sites for hydroxylation is 1. The van der Waals surface area contributed by atoms with Crippen molar-refractivity contribution in [3.8, 4) is 10.6 Å². The Labute approximate surface area is 148 Å². The minimum atomic E-state index is -0.450. The number of likely N-dealkylation sites (tertiary alicyclic amines) is 1. The quantitative estimate of drug-likeness (QED) is 0.874. The van der Waals surface area contributed by atoms with Crippen molar-refractivity contribution in [2.45, 2.75) is 26.3 Å². The van der Waals surface area contributed by atoms with Gasteiger partial charge in [-0.1, -0.05) is 0 Å². The molecule has 3 rings (SSSR count). The maximum Gasteiger partial charge on any atom is 0.314 e. The summed E-state index contributed by atoms with van der Waals surface area (Å²) in [5.41, 5.74) is 6.30. The maximum atomic E-state index is 12.3. The summed E-state index contributed by atoms with van der Waals surface area (Å²) in [6.07, 6.45) is 1.61. The van der Waals surface area contributed by atoms with Gasteiger partial charge in [0.05, 0.1) is 28.0 Å². The normalized spacial score (nSPS) is 17.7. The predicted octanol–water partition coefficient (Wildman–Crippen LogP) is 2.59. The van der Waals surface area contributed by atoms with Crippen molar-refractivity contribution in [3.63, 3.8) is 0 Å². The van der Waals surface area contributed by atoms with Gasteiger partial charge < -0.3 is 16.0 Å². The third-order valence-corrected chi connectivity index (χ3v) is 5.96. The molecule has 0 radical (unpaired) electrons. The van der Waals surface area contributed by atoms with E-state index in [-0.39, 0.29) is 11.8 Å². The summed E-state index contributed by atoms with van der Waals surface area (Å²) >= 11 is 3.27. The van der Waals surface area contributed by atoms with Gasteiger partial charge in [0, 0.05) is 23.3 Å². The number of hydrogen-bond acceptors (Lipinski definition) is 5. The molecular weight excluding hydrogens is 344 g/mol. The number of thiophene rings is 1. The van der Waals surface area contributed by atoms with Gasteiger partial charge in [-0.2, -0.15) is 0 Å². The lowest BCUT2D eigenvalue weighted by Crippen LogP contribution is -2.47. The van der Waals surface area contributed by atoms with Crippen LogP contribution in [0.15, 0.2) is 17.5 Å². The van der Waals surface area contributed by atoms with Crippen molar-refractivity contribution in [1.29, 1.82) is 0 Å². The Kier molecular flexibility index (Phi) is 5.15. The molecule has 0 aliphatic carbocycles. The standard InChI is InChI=1S/C16H20N4O2S2/c1-10-19-13(9-23-10)14-5-4-12(24-14)7-18-15(21)11-3-2-6-20(8-11)16(17)22/h4-5,9,11H,2-3,6-8H2,1H3,(H2,17,22)(H,18,21)/t11-/m0/s1. The molecule has 1 saturated heterocycles. The van der Waals surface area contributed by atoms with Crippen molar-refractivity contribution in [2.24, 2.45) is 11.7 Å². The lowest BCUT2D eigenvalue weighted by Gasteiger charge is -2.30. The second-order valence-corrected chi connectivity index (χ2v) is 8.09. The van der Waals surface area contributed by atoms with Crippen molar-refractivity contribution in [3.05, 3.63) is 27.4 Å². The predicted molar refractivity (Wildman–Crippen MR) is 95.9 cm³/mol. The second-order valence-electron chi connectivity index (χ2n) is 5.86. The van der Waals surface area contributed by atoms with E-state index in [4.69, 9.17) is 5.73 Å². The smallest absolute Gasteiger partial charge is 0.314 e. The van der Waals surface area contributed by atoms with Gasteiger partial charge in [-0.05, 0) is 31.9 Å². The van der Waals surface area contributed by atoms with Crippen LogP contribution < -0.4 is 11.1 Å². The number of urea groups is 1. The largest absolute Gasteiger partial charge is 0.351 e. The number of primary amides is 1. The lowest BCUT2D eigenvalue weighted by atomic mass is 9.97. The third-order valence-electron chi connectivity index (χ3n) is 4.07. The van der Waals surface area contributed by atoms with E-state index < -0.39 is 6.03 Å². The third kappa shape index (κ3) is 3.93. The molecule has 6 nitrogen and oxygen atoms in total. The molecule has 0 saturated carbocycles. The van der Waals surface area contributed by atoms with Crippen LogP contribution in [0.2, 0.25) is 0 Å². The Bertz CT molecular complexity index is 740. The first-order chi connectivity index (χ1) is 11.5. The zero-order valence-corrected chi connectivity index (χ0v) is 15.1. The molecular formula is C16H20N4O2S2. The van der Waals surface area contributed by atoms with E-state index in [0.717, 1.165) is 33.3 Å². The van der Waals surface area contributed by atoms with Crippen LogP contribution in [0.3, 0.4) is 0 Å². The zero-order chi connectivity index (χ0) is 17.1. The van der Waals surface area contributed by atoms with Gasteiger partial charge in [-0.3, -0.25) is 4.79 Å². The Hall–Kier alpha value is -1.93. The van der Waals surface area contributed by atoms with Crippen molar-refractivity contribution in [1.82, 2.24) is 15.2 Å². The molecule has 128 valence electrons. The molecule has 0 bridgehead atoms. The SMILES string of the molecule is Cc1nc(-c2ccc(CNC(=O)[C@H]3CCCN(C(N)=O)C3)s2)cs1. The number of amides is 3. The summed E-state index contributed by atoms with van der Waals surface area (Å²) in [5, 5.41) is 6.06. The van der Waals surface area contributed by atoms with Crippen LogP contribution in [0.1, 0.15) is 22.7 Å². The van der Waals surface area contributed by atoms with Crippen molar-refractivity contribution < 1.29 is 9.59 Å². The van der Waals surface area contributed by atoms with E-state index in [1.165, 1.54) is 0 Å². The molecule has 0 unspecified atom stereocenters. The number of carbonyl (C=O) groups excluding carboxylic acids is 2. The lowest BCUT2D eigenvalue weighted by molar-refractivity contribution is -0.126. The van der Waals surface area contributed by atoms with E-state index >= 15 is 0 Å². The van der Waals surface area contributed by atoms with Gasteiger partial charge in [-0.25, -0.2) is 9.78 Å². The second kappa shape index (κ2) is 7.31. The molecule has 2 aromatic rings. The van der Waals surface area contributed by atoms with Crippen LogP contribution in [-0.4, -0.2) is 34.9 Å². The number of piperidine rings is 1. The Morgan fingerprint density at radius 1 is 1.46 bits per heavy atom. The highest BCUT2D eigenvalue weighted by atomic mass is 32.1. The molecule has 1 aliphatic heterocycles. The first-order valence-electron chi connectivity index (χ1n) is 7.86. The topological polar surface area (TPSA) is 88.3 Å². The molecule has 3 heterocycles. The minimum absolute atomic E-state index is 0.0135. The van der Waals surface area contributed by atoms with Crippen LogP contribution in [0, 0.1) is 12.8 Å². The molecule has 1 aliphatic rings. The summed E-state index contributed by atoms with van der Waals surface area (Å²) < 4.78 is 0. The van der Waals surface area contributed by atoms with E-state index in [1.54, 1.807) is 27.6 Å². The Morgan fingerprint density at radius 2 is 2.29 bits per heavy atom. The van der Waals surface area contributed by atoms with Crippen LogP contribution in [-0.2, 0) is 11.3 Å². The number of rotatable bonds is 4. The number of nitrogens with one attached hydrogen (secondary N) is 1. The van der Waals surface area contributed by atoms with Crippen molar-refractivity contribution >= 4 is 34.6 Å². The van der Waals surface area contributed by atoms with Crippen molar-refractivity contribution in [2.75, 3.05) is 13.1 Å². The van der Waals surface area contributed by atoms with Gasteiger partial charge >= 0.3 is 6.03 Å². The summed E-state index contributed by atoms with van der Waals surface area (Å²) in [6, 6.07) is 3.61. The average molecular weight is 364 g/mol. The molecule has 3 amide bonds. The maximum absolute atomic E-state index is 12.3. The minimum Gasteiger partial charge on any atom is -0.351 e. The monoisotopic (exact) mass is 364 g/mol. The molecule has 24 heavy (non-hydrogen) atoms. The summed E-state index contributed by atoms with van der Waals surface area (Å²) in [6.45, 7) is 3.54. The molecule has 0 aromatic carbocycles. The average Bonchev–Trinajstić information content (AvgIpc) is 3.21. The number of hydrogen-bond donors (Lipinski definition) is 2. The van der Waals surface area contributed by atoms with Gasteiger partial charge in [-0.15, -0.1) is 22.7 Å². The van der Waals surface area contributed by atoms with Crippen LogP contribution in [0.25, 0.3) is 10.6 Å². The van der Waals surface area contributed by atoms with Gasteiger partial charge in [0.15, 0.2) is 0 Å². The van der Waals surface area contributed by atoms with Crippen LogP contribution in [0.5, 0.6) is 0 Å². The van der Waals surface area contributed by atoms with Gasteiger partial charge in [0.1, 0.15) is 0 Å². The zero-order valence-electron chi connectivity index (χ0n) is 13.4. The fourth-order valence-corrected chi connectivity index (χ4v) is 4.39. The number of nitrogens with two attached hydrogens (primary N) is 1. The number of nitrogens with zero attached hydrogens (tertiary/aromatic N) is 2. The van der Waals surface area contributed by atoms with Crippen LogP contribution >= 0.6 is 22.7 Å². The highest BCUT2D eigenvalue weighted by Gasteiger charge is 2.27. The highest BCUT2D eigenvalue weighted by molar-refractivity contribution is 7.16. The highest BCUT2D eigenvalue weighted by Crippen LogP contribution is 2.29. The van der Waals surface area contributed by atoms with Gasteiger partial charge in [0.2, 0.25) is 5.91 Å². The molecule has 0 spiro atoms. The number of thiazole rings is 1. The van der Waals surface area contributed by atoms with Crippen LogP contribution in [0.4, 0.5) is 4.79 Å².